The Balaban J connectivity index is 3.05. The van der Waals surface area contributed by atoms with Gasteiger partial charge in [0.2, 0.25) is 0 Å². The van der Waals surface area contributed by atoms with Crippen LogP contribution in [0.2, 0.25) is 0 Å². The average Bonchev–Trinajstić information content (AvgIpc) is 2.21. The van der Waals surface area contributed by atoms with E-state index in [1.165, 1.54) is 0 Å². The maximum atomic E-state index is 8.93. The van der Waals surface area contributed by atoms with Crippen LogP contribution >= 0.6 is 15.9 Å². The summed E-state index contributed by atoms with van der Waals surface area (Å²) in [5, 5.41) is 8.93. The molecule has 0 fully saturated rings. The molecule has 0 atom stereocenters. The molecule has 90 valence electrons. The second-order valence-corrected chi connectivity index (χ2v) is 4.59. The molecule has 0 spiro atoms. The second-order valence-electron chi connectivity index (χ2n) is 3.73. The highest BCUT2D eigenvalue weighted by molar-refractivity contribution is 9.10. The Bertz CT molecular complexity index is 350. The van der Waals surface area contributed by atoms with Gasteiger partial charge >= 0.3 is 0 Å². The summed E-state index contributed by atoms with van der Waals surface area (Å²) in [5.74, 6) is 1.41. The molecular weight excluding hydrogens is 272 g/mol. The first-order valence-corrected chi connectivity index (χ1v) is 6.01. The lowest BCUT2D eigenvalue weighted by Crippen LogP contribution is -2.07. The molecule has 0 bridgehead atoms. The number of aliphatic hydroxyl groups excluding tert-OH is 1. The normalized spacial score (nSPS) is 10.6. The van der Waals surface area contributed by atoms with Crippen molar-refractivity contribution in [2.75, 3.05) is 13.7 Å². The van der Waals surface area contributed by atoms with E-state index in [0.717, 1.165) is 10.0 Å². The number of rotatable bonds is 5. The zero-order chi connectivity index (χ0) is 12.1. The van der Waals surface area contributed by atoms with E-state index in [-0.39, 0.29) is 12.7 Å². The molecule has 0 aliphatic heterocycles. The van der Waals surface area contributed by atoms with Crippen molar-refractivity contribution in [2.45, 2.75) is 26.4 Å². The lowest BCUT2D eigenvalue weighted by atomic mass is 10.1. The SMILES string of the molecule is COc1cc(CCO)c(Br)cc1OC(C)C. The Hall–Kier alpha value is -0.740. The zero-order valence-electron chi connectivity index (χ0n) is 9.79. The molecule has 1 aromatic carbocycles. The molecule has 0 aliphatic carbocycles. The third-order valence-corrected chi connectivity index (χ3v) is 2.81. The third-order valence-electron chi connectivity index (χ3n) is 2.08. The van der Waals surface area contributed by atoms with Gasteiger partial charge in [0.1, 0.15) is 0 Å². The second kappa shape index (κ2) is 6.11. The summed E-state index contributed by atoms with van der Waals surface area (Å²) >= 11 is 3.45. The number of hydrogen-bond donors (Lipinski definition) is 1. The van der Waals surface area contributed by atoms with Crippen LogP contribution in [0.15, 0.2) is 16.6 Å². The van der Waals surface area contributed by atoms with Gasteiger partial charge < -0.3 is 14.6 Å². The molecular formula is C12H17BrO3. The Morgan fingerprint density at radius 3 is 2.50 bits per heavy atom. The Morgan fingerprint density at radius 1 is 1.31 bits per heavy atom. The molecule has 0 heterocycles. The van der Waals surface area contributed by atoms with Crippen molar-refractivity contribution in [3.8, 4) is 11.5 Å². The van der Waals surface area contributed by atoms with Gasteiger partial charge in [-0.1, -0.05) is 15.9 Å². The number of aliphatic hydroxyl groups is 1. The van der Waals surface area contributed by atoms with E-state index in [0.29, 0.717) is 17.9 Å². The molecule has 1 N–H and O–H groups in total. The number of hydrogen-bond acceptors (Lipinski definition) is 3. The standard InChI is InChI=1S/C12H17BrO3/c1-8(2)16-12-7-10(13)9(4-5-14)6-11(12)15-3/h6-8,14H,4-5H2,1-3H3. The van der Waals surface area contributed by atoms with E-state index >= 15 is 0 Å². The molecule has 16 heavy (non-hydrogen) atoms. The fraction of sp³-hybridized carbons (Fsp3) is 0.500. The minimum Gasteiger partial charge on any atom is -0.493 e. The van der Waals surface area contributed by atoms with Gasteiger partial charge in [0.25, 0.3) is 0 Å². The topological polar surface area (TPSA) is 38.7 Å². The highest BCUT2D eigenvalue weighted by atomic mass is 79.9. The Labute approximate surface area is 105 Å². The van der Waals surface area contributed by atoms with Gasteiger partial charge in [-0.05, 0) is 38.0 Å². The van der Waals surface area contributed by atoms with Crippen LogP contribution in [0.1, 0.15) is 19.4 Å². The summed E-state index contributed by atoms with van der Waals surface area (Å²) in [5.41, 5.74) is 1.01. The van der Waals surface area contributed by atoms with E-state index in [4.69, 9.17) is 14.6 Å². The van der Waals surface area contributed by atoms with E-state index in [1.54, 1.807) is 7.11 Å². The average molecular weight is 289 g/mol. The lowest BCUT2D eigenvalue weighted by molar-refractivity contribution is 0.229. The highest BCUT2D eigenvalue weighted by Crippen LogP contribution is 2.34. The van der Waals surface area contributed by atoms with Crippen molar-refractivity contribution in [1.82, 2.24) is 0 Å². The summed E-state index contributed by atoms with van der Waals surface area (Å²) in [4.78, 5) is 0. The summed E-state index contributed by atoms with van der Waals surface area (Å²) < 4.78 is 11.8. The van der Waals surface area contributed by atoms with Gasteiger partial charge in [0.15, 0.2) is 11.5 Å². The molecule has 1 rings (SSSR count). The fourth-order valence-corrected chi connectivity index (χ4v) is 1.92. The van der Waals surface area contributed by atoms with Crippen LogP contribution in [0, 0.1) is 0 Å². The van der Waals surface area contributed by atoms with Crippen LogP contribution in [0.3, 0.4) is 0 Å². The summed E-state index contributed by atoms with van der Waals surface area (Å²) in [6.45, 7) is 4.05. The molecule has 0 saturated heterocycles. The first kappa shape index (κ1) is 13.3. The van der Waals surface area contributed by atoms with Gasteiger partial charge in [-0.3, -0.25) is 0 Å². The van der Waals surface area contributed by atoms with E-state index < -0.39 is 0 Å². The molecule has 0 aromatic heterocycles. The zero-order valence-corrected chi connectivity index (χ0v) is 11.4. The van der Waals surface area contributed by atoms with E-state index in [2.05, 4.69) is 15.9 Å². The molecule has 0 radical (unpaired) electrons. The minimum absolute atomic E-state index is 0.101. The van der Waals surface area contributed by atoms with Crippen molar-refractivity contribution < 1.29 is 14.6 Å². The number of ether oxygens (including phenoxy) is 2. The van der Waals surface area contributed by atoms with Gasteiger partial charge in [-0.15, -0.1) is 0 Å². The number of halogens is 1. The molecule has 1 aromatic rings. The summed E-state index contributed by atoms with van der Waals surface area (Å²) in [7, 11) is 1.61. The molecule has 0 amide bonds. The first-order chi connectivity index (χ1) is 7.58. The minimum atomic E-state index is 0.101. The van der Waals surface area contributed by atoms with Gasteiger partial charge in [0, 0.05) is 11.1 Å². The number of methoxy groups -OCH3 is 1. The maximum Gasteiger partial charge on any atom is 0.162 e. The van der Waals surface area contributed by atoms with Crippen molar-refractivity contribution >= 4 is 15.9 Å². The van der Waals surface area contributed by atoms with Crippen LogP contribution in [-0.4, -0.2) is 24.9 Å². The summed E-state index contributed by atoms with van der Waals surface area (Å²) in [6, 6.07) is 3.77. The van der Waals surface area contributed by atoms with Crippen molar-refractivity contribution in [1.29, 1.82) is 0 Å². The molecule has 0 unspecified atom stereocenters. The van der Waals surface area contributed by atoms with Gasteiger partial charge in [-0.25, -0.2) is 0 Å². The predicted molar refractivity (Wildman–Crippen MR) is 67.2 cm³/mol. The van der Waals surface area contributed by atoms with Crippen LogP contribution in [0.25, 0.3) is 0 Å². The fourth-order valence-electron chi connectivity index (χ4n) is 1.39. The third kappa shape index (κ3) is 3.39. The molecule has 4 heteroatoms. The molecule has 3 nitrogen and oxygen atoms in total. The van der Waals surface area contributed by atoms with Gasteiger partial charge in [-0.2, -0.15) is 0 Å². The molecule has 0 aliphatic rings. The predicted octanol–water partition coefficient (Wildman–Crippen LogP) is 2.78. The van der Waals surface area contributed by atoms with Crippen molar-refractivity contribution in [2.24, 2.45) is 0 Å². The maximum absolute atomic E-state index is 8.93. The van der Waals surface area contributed by atoms with Crippen molar-refractivity contribution in [3.63, 3.8) is 0 Å². The van der Waals surface area contributed by atoms with Gasteiger partial charge in [0.05, 0.1) is 13.2 Å². The lowest BCUT2D eigenvalue weighted by Gasteiger charge is -2.15. The molecule has 0 saturated carbocycles. The van der Waals surface area contributed by atoms with E-state index in [9.17, 15) is 0 Å². The monoisotopic (exact) mass is 288 g/mol. The van der Waals surface area contributed by atoms with Crippen LogP contribution in [0.5, 0.6) is 11.5 Å². The van der Waals surface area contributed by atoms with Crippen LogP contribution < -0.4 is 9.47 Å². The largest absolute Gasteiger partial charge is 0.493 e. The number of benzene rings is 1. The smallest absolute Gasteiger partial charge is 0.162 e. The van der Waals surface area contributed by atoms with Crippen LogP contribution in [0.4, 0.5) is 0 Å². The Kier molecular flexibility index (Phi) is 5.09. The van der Waals surface area contributed by atoms with E-state index in [1.807, 2.05) is 26.0 Å². The summed E-state index contributed by atoms with van der Waals surface area (Å²) in [6.07, 6.45) is 0.698. The Morgan fingerprint density at radius 2 is 2.00 bits per heavy atom. The quantitative estimate of drug-likeness (QED) is 0.906. The first-order valence-electron chi connectivity index (χ1n) is 5.22. The van der Waals surface area contributed by atoms with Crippen molar-refractivity contribution in [3.05, 3.63) is 22.2 Å². The van der Waals surface area contributed by atoms with Crippen LogP contribution in [-0.2, 0) is 6.42 Å². The highest BCUT2D eigenvalue weighted by Gasteiger charge is 2.11.